The number of unbranched alkanes of at least 4 members (excludes halogenated alkanes) is 47. The van der Waals surface area contributed by atoms with Crippen LogP contribution < -0.4 is 0 Å². The van der Waals surface area contributed by atoms with E-state index in [4.69, 9.17) is 37.0 Å². The minimum absolute atomic E-state index is 0.106. The van der Waals surface area contributed by atoms with E-state index in [1.807, 2.05) is 0 Å². The average molecular weight is 1380 g/mol. The molecule has 3 N–H and O–H groups in total. The largest absolute Gasteiger partial charge is 0.472 e. The first kappa shape index (κ1) is 92.1. The van der Waals surface area contributed by atoms with E-state index in [9.17, 15) is 43.2 Å². The van der Waals surface area contributed by atoms with Crippen molar-refractivity contribution in [2.75, 3.05) is 39.6 Å². The summed E-state index contributed by atoms with van der Waals surface area (Å²) in [7, 11) is -9.90. The normalized spacial score (nSPS) is 14.0. The van der Waals surface area contributed by atoms with Crippen LogP contribution in [-0.2, 0) is 65.4 Å². The van der Waals surface area contributed by atoms with E-state index < -0.39 is 97.5 Å². The SMILES string of the molecule is CCCCCCCCCCCCCCCCCCCCC(=O)O[C@H](COC(=O)CCCCCCCCCCCCCCCCC)COP(=O)(O)OC[C@@H](O)COP(=O)(O)OC[C@@H](COC(=O)CCCCCCCCC)OC(=O)CCCCCCCCCCCCCC(C)C. The van der Waals surface area contributed by atoms with Crippen molar-refractivity contribution in [3.05, 3.63) is 0 Å². The van der Waals surface area contributed by atoms with Crippen molar-refractivity contribution in [2.24, 2.45) is 5.92 Å². The first-order chi connectivity index (χ1) is 45.5. The Morgan fingerprint density at radius 1 is 0.287 bits per heavy atom. The Bertz CT molecular complexity index is 1810. The van der Waals surface area contributed by atoms with Gasteiger partial charge in [0.1, 0.15) is 19.3 Å². The molecule has 0 aromatic heterocycles. The molecule has 0 aliphatic carbocycles. The molecule has 0 saturated heterocycles. The molecule has 558 valence electrons. The zero-order chi connectivity index (χ0) is 69.1. The van der Waals surface area contributed by atoms with Gasteiger partial charge in [-0.3, -0.25) is 37.3 Å². The first-order valence-electron chi connectivity index (χ1n) is 39.1. The summed E-state index contributed by atoms with van der Waals surface area (Å²) in [6.07, 6.45) is 57.0. The van der Waals surface area contributed by atoms with Gasteiger partial charge < -0.3 is 33.8 Å². The lowest BCUT2D eigenvalue weighted by Crippen LogP contribution is -2.30. The third kappa shape index (κ3) is 68.6. The van der Waals surface area contributed by atoms with Crippen LogP contribution in [0, 0.1) is 5.92 Å². The number of phosphoric acid groups is 2. The summed E-state index contributed by atoms with van der Waals surface area (Å²) in [6.45, 7) is 7.25. The van der Waals surface area contributed by atoms with Gasteiger partial charge in [-0.25, -0.2) is 9.13 Å². The van der Waals surface area contributed by atoms with E-state index in [1.54, 1.807) is 0 Å². The quantitative estimate of drug-likeness (QED) is 0.0222. The van der Waals surface area contributed by atoms with E-state index in [-0.39, 0.29) is 25.7 Å². The van der Waals surface area contributed by atoms with Gasteiger partial charge in [0.2, 0.25) is 0 Å². The fourth-order valence-corrected chi connectivity index (χ4v) is 13.1. The number of ether oxygens (including phenoxy) is 4. The number of rotatable bonds is 75. The summed E-state index contributed by atoms with van der Waals surface area (Å²) in [4.78, 5) is 72.6. The molecule has 0 aromatic rings. The van der Waals surface area contributed by atoms with E-state index >= 15 is 0 Å². The monoisotopic (exact) mass is 1380 g/mol. The Labute approximate surface area is 575 Å². The Morgan fingerprint density at radius 2 is 0.489 bits per heavy atom. The van der Waals surface area contributed by atoms with E-state index in [0.717, 1.165) is 109 Å². The summed E-state index contributed by atoms with van der Waals surface area (Å²) in [5.41, 5.74) is 0. The van der Waals surface area contributed by atoms with Gasteiger partial charge >= 0.3 is 39.5 Å². The third-order valence-corrected chi connectivity index (χ3v) is 19.4. The van der Waals surface area contributed by atoms with E-state index in [0.29, 0.717) is 25.7 Å². The Balaban J connectivity index is 5.19. The summed E-state index contributed by atoms with van der Waals surface area (Å²) < 4.78 is 68.4. The molecule has 19 heteroatoms. The maximum absolute atomic E-state index is 13.1. The van der Waals surface area contributed by atoms with Crippen LogP contribution in [0.3, 0.4) is 0 Å². The molecule has 17 nitrogen and oxygen atoms in total. The molecule has 0 spiro atoms. The van der Waals surface area contributed by atoms with Gasteiger partial charge in [0, 0.05) is 25.7 Å². The lowest BCUT2D eigenvalue weighted by molar-refractivity contribution is -0.161. The van der Waals surface area contributed by atoms with Crippen LogP contribution in [-0.4, -0.2) is 96.7 Å². The number of hydrogen-bond donors (Lipinski definition) is 3. The predicted octanol–water partition coefficient (Wildman–Crippen LogP) is 22.1. The highest BCUT2D eigenvalue weighted by Gasteiger charge is 2.30. The number of carbonyl (C=O) groups is 4. The zero-order valence-electron chi connectivity index (χ0n) is 61.1. The van der Waals surface area contributed by atoms with Crippen molar-refractivity contribution in [3.63, 3.8) is 0 Å². The number of phosphoric ester groups is 2. The van der Waals surface area contributed by atoms with Crippen molar-refractivity contribution in [1.29, 1.82) is 0 Å². The van der Waals surface area contributed by atoms with Crippen molar-refractivity contribution in [1.82, 2.24) is 0 Å². The van der Waals surface area contributed by atoms with Crippen LogP contribution in [0.15, 0.2) is 0 Å². The molecule has 5 atom stereocenters. The molecule has 0 saturated carbocycles. The number of aliphatic hydroxyl groups excluding tert-OH is 1. The summed E-state index contributed by atoms with van der Waals surface area (Å²) in [6, 6.07) is 0. The van der Waals surface area contributed by atoms with Crippen molar-refractivity contribution in [3.8, 4) is 0 Å². The fraction of sp³-hybridized carbons (Fsp3) is 0.947. The summed E-state index contributed by atoms with van der Waals surface area (Å²) in [5, 5.41) is 10.6. The van der Waals surface area contributed by atoms with Crippen molar-refractivity contribution >= 4 is 39.5 Å². The highest BCUT2D eigenvalue weighted by Crippen LogP contribution is 2.45. The maximum atomic E-state index is 13.1. The Kier molecular flexibility index (Phi) is 66.8. The second-order valence-electron chi connectivity index (χ2n) is 27.5. The molecule has 0 amide bonds. The number of aliphatic hydroxyl groups is 1. The summed E-state index contributed by atoms with van der Waals surface area (Å²) >= 11 is 0. The Morgan fingerprint density at radius 3 is 0.723 bits per heavy atom. The molecule has 94 heavy (non-hydrogen) atoms. The third-order valence-electron chi connectivity index (χ3n) is 17.5. The van der Waals surface area contributed by atoms with Crippen LogP contribution in [0.25, 0.3) is 0 Å². The van der Waals surface area contributed by atoms with Crippen LogP contribution >= 0.6 is 15.6 Å². The maximum Gasteiger partial charge on any atom is 0.472 e. The predicted molar refractivity (Wildman–Crippen MR) is 382 cm³/mol. The summed E-state index contributed by atoms with van der Waals surface area (Å²) in [5.74, 6) is -1.35. The van der Waals surface area contributed by atoms with Gasteiger partial charge in [0.15, 0.2) is 12.2 Å². The Hall–Kier alpha value is -1.94. The van der Waals surface area contributed by atoms with Gasteiger partial charge in [-0.05, 0) is 31.6 Å². The van der Waals surface area contributed by atoms with Crippen LogP contribution in [0.4, 0.5) is 0 Å². The molecule has 0 heterocycles. The fourth-order valence-electron chi connectivity index (χ4n) is 11.5. The number of carbonyl (C=O) groups excluding carboxylic acids is 4. The number of hydrogen-bond acceptors (Lipinski definition) is 15. The second kappa shape index (κ2) is 68.2. The molecule has 0 aromatic carbocycles. The topological polar surface area (TPSA) is 237 Å². The number of esters is 4. The van der Waals surface area contributed by atoms with Crippen LogP contribution in [0.2, 0.25) is 0 Å². The molecule has 0 fully saturated rings. The molecule has 0 aliphatic rings. The smallest absolute Gasteiger partial charge is 0.462 e. The van der Waals surface area contributed by atoms with Gasteiger partial charge in [0.25, 0.3) is 0 Å². The molecule has 0 bridgehead atoms. The van der Waals surface area contributed by atoms with Gasteiger partial charge in [-0.15, -0.1) is 0 Å². The molecule has 0 aliphatic heterocycles. The first-order valence-corrected chi connectivity index (χ1v) is 42.1. The average Bonchev–Trinajstić information content (AvgIpc) is 1.31. The lowest BCUT2D eigenvalue weighted by atomic mass is 10.0. The van der Waals surface area contributed by atoms with E-state index in [2.05, 4.69) is 34.6 Å². The molecule has 0 radical (unpaired) electrons. The van der Waals surface area contributed by atoms with Crippen LogP contribution in [0.1, 0.15) is 394 Å². The standard InChI is InChI=1S/C75H146O17P2/c1-6-9-12-15-18-20-22-24-26-27-28-30-32-36-40-45-50-55-60-74(79)92-71(65-86-73(78)59-54-49-44-39-35-31-29-25-23-21-19-16-13-10-7-2)67-90-94(83,84)88-63-69(76)62-87-93(81,82)89-66-70(64-85-72(77)58-53-48-42-17-14-11-8-3)91-75(80)61-56-51-46-41-37-33-34-38-43-47-52-57-68(4)5/h68-71,76H,6-67H2,1-5H3,(H,81,82)(H,83,84)/t69-,70+,71+/m0/s1. The van der Waals surface area contributed by atoms with Gasteiger partial charge in [0.05, 0.1) is 26.4 Å². The second-order valence-corrected chi connectivity index (χ2v) is 30.4. The molecule has 0 rings (SSSR count). The zero-order valence-corrected chi connectivity index (χ0v) is 62.9. The minimum Gasteiger partial charge on any atom is -0.462 e. The van der Waals surface area contributed by atoms with Crippen molar-refractivity contribution < 1.29 is 80.2 Å². The molecular weight excluding hydrogens is 1230 g/mol. The lowest BCUT2D eigenvalue weighted by Gasteiger charge is -2.21. The van der Waals surface area contributed by atoms with Gasteiger partial charge in [-0.2, -0.15) is 0 Å². The minimum atomic E-state index is -4.95. The van der Waals surface area contributed by atoms with Crippen LogP contribution in [0.5, 0.6) is 0 Å². The molecular formula is C75H146O17P2. The van der Waals surface area contributed by atoms with Gasteiger partial charge in [-0.1, -0.05) is 343 Å². The highest BCUT2D eigenvalue weighted by molar-refractivity contribution is 7.47. The highest BCUT2D eigenvalue weighted by atomic mass is 31.2. The molecule has 2 unspecified atom stereocenters. The van der Waals surface area contributed by atoms with E-state index in [1.165, 1.54) is 205 Å². The van der Waals surface area contributed by atoms with Crippen molar-refractivity contribution in [2.45, 2.75) is 412 Å².